The molecule has 0 atom stereocenters. The molecule has 0 bridgehead atoms. The van der Waals surface area contributed by atoms with Gasteiger partial charge in [-0.1, -0.05) is 29.5 Å². The Morgan fingerprint density at radius 1 is 1.06 bits per heavy atom. The summed E-state index contributed by atoms with van der Waals surface area (Å²) in [6.45, 7) is 0. The molecular formula is C13H9NO2S. The van der Waals surface area contributed by atoms with Gasteiger partial charge in [0, 0.05) is 6.07 Å². The average Bonchev–Trinajstić information content (AvgIpc) is 2.71. The van der Waals surface area contributed by atoms with Crippen molar-refractivity contribution in [1.82, 2.24) is 4.98 Å². The van der Waals surface area contributed by atoms with Gasteiger partial charge in [0.15, 0.2) is 0 Å². The van der Waals surface area contributed by atoms with Crippen LogP contribution in [0.3, 0.4) is 0 Å². The van der Waals surface area contributed by atoms with Gasteiger partial charge in [-0.15, -0.1) is 0 Å². The van der Waals surface area contributed by atoms with Crippen LogP contribution in [0, 0.1) is 0 Å². The van der Waals surface area contributed by atoms with Crippen molar-refractivity contribution in [1.29, 1.82) is 0 Å². The summed E-state index contributed by atoms with van der Waals surface area (Å²) in [7, 11) is 0. The molecule has 84 valence electrons. The van der Waals surface area contributed by atoms with Crippen molar-refractivity contribution in [3.8, 4) is 16.7 Å². The number of phenols is 1. The fraction of sp³-hybridized carbons (Fsp3) is 0. The maximum atomic E-state index is 9.33. The summed E-state index contributed by atoms with van der Waals surface area (Å²) in [6.07, 6.45) is 0. The molecule has 1 aromatic heterocycles. The molecule has 0 unspecified atom stereocenters. The van der Waals surface area contributed by atoms with Gasteiger partial charge in [0.1, 0.15) is 11.5 Å². The van der Waals surface area contributed by atoms with Crippen LogP contribution in [0.4, 0.5) is 0 Å². The molecule has 0 aliphatic heterocycles. The molecule has 0 radical (unpaired) electrons. The Balaban J connectivity index is 1.94. The first-order valence-corrected chi connectivity index (χ1v) is 5.95. The van der Waals surface area contributed by atoms with E-state index in [2.05, 4.69) is 4.98 Å². The quantitative estimate of drug-likeness (QED) is 0.744. The number of aromatic hydroxyl groups is 1. The lowest BCUT2D eigenvalue weighted by atomic mass is 10.3. The molecule has 0 aliphatic rings. The van der Waals surface area contributed by atoms with Crippen LogP contribution in [-0.2, 0) is 0 Å². The summed E-state index contributed by atoms with van der Waals surface area (Å²) in [6, 6.07) is 14.5. The van der Waals surface area contributed by atoms with Crippen LogP contribution in [0.15, 0.2) is 48.5 Å². The molecule has 1 N–H and O–H groups in total. The maximum absolute atomic E-state index is 9.33. The number of hydrogen-bond acceptors (Lipinski definition) is 4. The molecule has 1 heterocycles. The molecule has 3 aromatic rings. The summed E-state index contributed by atoms with van der Waals surface area (Å²) < 4.78 is 6.68. The zero-order valence-electron chi connectivity index (χ0n) is 8.83. The minimum Gasteiger partial charge on any atom is -0.508 e. The van der Waals surface area contributed by atoms with Gasteiger partial charge < -0.3 is 9.84 Å². The highest BCUT2D eigenvalue weighted by molar-refractivity contribution is 7.20. The Kier molecular flexibility index (Phi) is 2.42. The second kappa shape index (κ2) is 4.07. The number of phenolic OH excluding ortho intramolecular Hbond substituents is 1. The number of fused-ring (bicyclic) bond motifs is 1. The van der Waals surface area contributed by atoms with E-state index in [4.69, 9.17) is 4.74 Å². The number of benzene rings is 2. The Morgan fingerprint density at radius 2 is 1.94 bits per heavy atom. The number of nitrogens with zero attached hydrogens (tertiary/aromatic N) is 1. The Hall–Kier alpha value is -2.07. The maximum Gasteiger partial charge on any atom is 0.279 e. The van der Waals surface area contributed by atoms with Crippen molar-refractivity contribution >= 4 is 21.6 Å². The number of ether oxygens (including phenoxy) is 1. The van der Waals surface area contributed by atoms with Crippen LogP contribution in [-0.4, -0.2) is 10.1 Å². The van der Waals surface area contributed by atoms with Crippen molar-refractivity contribution in [2.75, 3.05) is 0 Å². The van der Waals surface area contributed by atoms with Crippen LogP contribution >= 0.6 is 11.3 Å². The molecular weight excluding hydrogens is 234 g/mol. The predicted molar refractivity (Wildman–Crippen MR) is 67.8 cm³/mol. The molecule has 3 rings (SSSR count). The van der Waals surface area contributed by atoms with Crippen molar-refractivity contribution in [2.45, 2.75) is 0 Å². The van der Waals surface area contributed by atoms with E-state index in [-0.39, 0.29) is 5.75 Å². The number of hydrogen-bond donors (Lipinski definition) is 1. The van der Waals surface area contributed by atoms with Gasteiger partial charge >= 0.3 is 0 Å². The first-order chi connectivity index (χ1) is 8.31. The molecule has 17 heavy (non-hydrogen) atoms. The largest absolute Gasteiger partial charge is 0.508 e. The van der Waals surface area contributed by atoms with Gasteiger partial charge in [0.05, 0.1) is 10.2 Å². The van der Waals surface area contributed by atoms with Crippen LogP contribution < -0.4 is 4.74 Å². The zero-order valence-corrected chi connectivity index (χ0v) is 9.65. The van der Waals surface area contributed by atoms with Crippen molar-refractivity contribution in [2.24, 2.45) is 0 Å². The normalized spacial score (nSPS) is 10.6. The van der Waals surface area contributed by atoms with E-state index in [1.807, 2.05) is 24.3 Å². The third-order valence-corrected chi connectivity index (χ3v) is 3.21. The van der Waals surface area contributed by atoms with Crippen LogP contribution in [0.2, 0.25) is 0 Å². The smallest absolute Gasteiger partial charge is 0.279 e. The molecule has 0 amide bonds. The van der Waals surface area contributed by atoms with Crippen LogP contribution in [0.25, 0.3) is 10.2 Å². The SMILES string of the molecule is Oc1cccc(Oc2nc3ccccc3s2)c1. The van der Waals surface area contributed by atoms with Crippen LogP contribution in [0.5, 0.6) is 16.7 Å². The second-order valence-corrected chi connectivity index (χ2v) is 4.54. The first-order valence-electron chi connectivity index (χ1n) is 5.14. The lowest BCUT2D eigenvalue weighted by Crippen LogP contribution is -1.81. The second-order valence-electron chi connectivity index (χ2n) is 3.55. The van der Waals surface area contributed by atoms with E-state index >= 15 is 0 Å². The van der Waals surface area contributed by atoms with E-state index in [9.17, 15) is 5.11 Å². The summed E-state index contributed by atoms with van der Waals surface area (Å²) in [5.74, 6) is 0.771. The van der Waals surface area contributed by atoms with Crippen LogP contribution in [0.1, 0.15) is 0 Å². The molecule has 0 aliphatic carbocycles. The molecule has 0 saturated carbocycles. The number of rotatable bonds is 2. The molecule has 2 aromatic carbocycles. The molecule has 3 nitrogen and oxygen atoms in total. The fourth-order valence-electron chi connectivity index (χ4n) is 1.54. The number of thiazole rings is 1. The topological polar surface area (TPSA) is 42.4 Å². The Labute approximate surface area is 102 Å². The highest BCUT2D eigenvalue weighted by Gasteiger charge is 2.05. The lowest BCUT2D eigenvalue weighted by molar-refractivity contribution is 0.454. The Morgan fingerprint density at radius 3 is 2.76 bits per heavy atom. The lowest BCUT2D eigenvalue weighted by Gasteiger charge is -2.00. The van der Waals surface area contributed by atoms with Gasteiger partial charge in [-0.3, -0.25) is 0 Å². The van der Waals surface area contributed by atoms with Gasteiger partial charge in [0.2, 0.25) is 0 Å². The third-order valence-electron chi connectivity index (χ3n) is 2.30. The average molecular weight is 243 g/mol. The van der Waals surface area contributed by atoms with Gasteiger partial charge in [0.25, 0.3) is 5.19 Å². The van der Waals surface area contributed by atoms with Gasteiger partial charge in [-0.05, 0) is 24.3 Å². The van der Waals surface area contributed by atoms with Crippen molar-refractivity contribution in [3.05, 3.63) is 48.5 Å². The van der Waals surface area contributed by atoms with E-state index in [0.29, 0.717) is 10.9 Å². The van der Waals surface area contributed by atoms with E-state index < -0.39 is 0 Å². The summed E-state index contributed by atoms with van der Waals surface area (Å²) in [5.41, 5.74) is 0.924. The number of aromatic nitrogens is 1. The highest BCUT2D eigenvalue weighted by atomic mass is 32.1. The number of para-hydroxylation sites is 1. The monoisotopic (exact) mass is 243 g/mol. The molecule has 0 fully saturated rings. The highest BCUT2D eigenvalue weighted by Crippen LogP contribution is 2.31. The van der Waals surface area contributed by atoms with Gasteiger partial charge in [-0.25, -0.2) is 4.98 Å². The fourth-order valence-corrected chi connectivity index (χ4v) is 2.38. The predicted octanol–water partition coefficient (Wildman–Crippen LogP) is 3.79. The van der Waals surface area contributed by atoms with E-state index in [1.165, 1.54) is 11.3 Å². The zero-order chi connectivity index (χ0) is 11.7. The summed E-state index contributed by atoms with van der Waals surface area (Å²) >= 11 is 1.48. The minimum atomic E-state index is 0.184. The van der Waals surface area contributed by atoms with Crippen molar-refractivity contribution < 1.29 is 9.84 Å². The minimum absolute atomic E-state index is 0.184. The standard InChI is InChI=1S/C13H9NO2S/c15-9-4-3-5-10(8-9)16-13-14-11-6-1-2-7-12(11)17-13/h1-8,15H. The summed E-state index contributed by atoms with van der Waals surface area (Å²) in [4.78, 5) is 4.35. The third kappa shape index (κ3) is 2.07. The van der Waals surface area contributed by atoms with E-state index in [0.717, 1.165) is 10.2 Å². The van der Waals surface area contributed by atoms with Gasteiger partial charge in [-0.2, -0.15) is 0 Å². The molecule has 0 saturated heterocycles. The first kappa shape index (κ1) is 10.1. The van der Waals surface area contributed by atoms with E-state index in [1.54, 1.807) is 24.3 Å². The van der Waals surface area contributed by atoms with Crippen molar-refractivity contribution in [3.63, 3.8) is 0 Å². The molecule has 4 heteroatoms. The summed E-state index contributed by atoms with van der Waals surface area (Å²) in [5, 5.41) is 9.91. The molecule has 0 spiro atoms. The Bertz CT molecular complexity index is 630.